The third kappa shape index (κ3) is 6.77. The van der Waals surface area contributed by atoms with Gasteiger partial charge in [0.2, 0.25) is 11.8 Å². The highest BCUT2D eigenvalue weighted by molar-refractivity contribution is 5.90. The Balaban J connectivity index is 1.17. The number of ether oxygens (including phenoxy) is 1. The highest BCUT2D eigenvalue weighted by atomic mass is 16.5. The van der Waals surface area contributed by atoms with Crippen LogP contribution in [0, 0.1) is 11.3 Å². The third-order valence-electron chi connectivity index (χ3n) is 10.1. The highest BCUT2D eigenvalue weighted by Gasteiger charge is 2.44. The van der Waals surface area contributed by atoms with Crippen LogP contribution in [-0.2, 0) is 35.5 Å². The van der Waals surface area contributed by atoms with Crippen molar-refractivity contribution in [2.24, 2.45) is 11.3 Å². The average Bonchev–Trinajstić information content (AvgIpc) is 3.58. The molecule has 3 aliphatic rings. The number of nitrogens with one attached hydrogen (secondary N) is 2. The Bertz CT molecular complexity index is 1360. The second-order valence-electron chi connectivity index (χ2n) is 12.6. The summed E-state index contributed by atoms with van der Waals surface area (Å²) in [5, 5.41) is 11.0. The molecular weight excluding hydrogens is 540 g/mol. The number of likely N-dealkylation sites (tertiary alicyclic amines) is 1. The van der Waals surface area contributed by atoms with Gasteiger partial charge in [-0.05, 0) is 72.3 Å². The number of amides is 2. The van der Waals surface area contributed by atoms with Crippen LogP contribution in [0.5, 0.6) is 5.75 Å². The van der Waals surface area contributed by atoms with Crippen molar-refractivity contribution in [1.82, 2.24) is 30.3 Å². The van der Waals surface area contributed by atoms with Gasteiger partial charge in [-0.2, -0.15) is 5.10 Å². The molecule has 2 aliphatic heterocycles. The van der Waals surface area contributed by atoms with E-state index in [0.29, 0.717) is 38.4 Å². The predicted octanol–water partition coefficient (Wildman–Crippen LogP) is 3.92. The molecule has 9 heteroatoms. The van der Waals surface area contributed by atoms with Crippen molar-refractivity contribution in [1.29, 1.82) is 0 Å². The summed E-state index contributed by atoms with van der Waals surface area (Å²) < 4.78 is 7.31. The first kappa shape index (κ1) is 29.4. The summed E-state index contributed by atoms with van der Waals surface area (Å²) in [5.41, 5.74) is 3.50. The van der Waals surface area contributed by atoms with Crippen molar-refractivity contribution in [2.45, 2.75) is 83.0 Å². The van der Waals surface area contributed by atoms with Gasteiger partial charge in [0, 0.05) is 32.6 Å². The van der Waals surface area contributed by atoms with Crippen LogP contribution in [0.25, 0.3) is 0 Å². The molecule has 2 unspecified atom stereocenters. The summed E-state index contributed by atoms with van der Waals surface area (Å²) >= 11 is 0. The van der Waals surface area contributed by atoms with Gasteiger partial charge in [-0.3, -0.25) is 14.3 Å². The van der Waals surface area contributed by atoms with Gasteiger partial charge in [-0.1, -0.05) is 55.7 Å². The standard InChI is InChI=1S/C34H44N6O3/c1-43-29-13-11-25(12-14-29)19-31(38-32(41)30-20-26-7-5-6-8-27(26)21-36-30)33(42)39-17-15-34(16-18-39,22-40-24-35-23-37-40)28-9-3-2-4-10-28/h5-8,11-14,23-24,28,30-31,36H,2-4,9-10,15-22H2,1H3,(H,38,41). The van der Waals surface area contributed by atoms with Crippen molar-refractivity contribution in [3.05, 3.63) is 77.9 Å². The average molecular weight is 585 g/mol. The molecule has 1 saturated carbocycles. The lowest BCUT2D eigenvalue weighted by molar-refractivity contribution is -0.140. The lowest BCUT2D eigenvalue weighted by Crippen LogP contribution is -2.57. The van der Waals surface area contributed by atoms with E-state index in [4.69, 9.17) is 4.74 Å². The molecular formula is C34H44N6O3. The molecule has 1 aliphatic carbocycles. The minimum absolute atomic E-state index is 0.00150. The second-order valence-corrected chi connectivity index (χ2v) is 12.6. The Morgan fingerprint density at radius 3 is 2.49 bits per heavy atom. The van der Waals surface area contributed by atoms with Gasteiger partial charge in [0.15, 0.2) is 0 Å². The SMILES string of the molecule is COc1ccc(CC(NC(=O)C2Cc3ccccc3CN2)C(=O)N2CCC(Cn3cncn3)(C3CCCCC3)CC2)cc1. The molecule has 0 radical (unpaired) electrons. The molecule has 2 amide bonds. The van der Waals surface area contributed by atoms with Crippen molar-refractivity contribution in [2.75, 3.05) is 20.2 Å². The summed E-state index contributed by atoms with van der Waals surface area (Å²) in [7, 11) is 1.64. The van der Waals surface area contributed by atoms with Crippen molar-refractivity contribution < 1.29 is 14.3 Å². The number of rotatable bonds is 9. The number of benzene rings is 2. The lowest BCUT2D eigenvalue weighted by atomic mass is 9.63. The van der Waals surface area contributed by atoms with Gasteiger partial charge >= 0.3 is 0 Å². The zero-order valence-electron chi connectivity index (χ0n) is 25.2. The Hall–Kier alpha value is -3.72. The Morgan fingerprint density at radius 1 is 1.05 bits per heavy atom. The first-order valence-corrected chi connectivity index (χ1v) is 15.9. The number of piperidine rings is 1. The van der Waals surface area contributed by atoms with E-state index >= 15 is 0 Å². The van der Waals surface area contributed by atoms with Gasteiger partial charge in [0.05, 0.1) is 13.2 Å². The van der Waals surface area contributed by atoms with E-state index in [1.54, 1.807) is 13.4 Å². The van der Waals surface area contributed by atoms with E-state index < -0.39 is 6.04 Å². The van der Waals surface area contributed by atoms with Crippen LogP contribution in [0.15, 0.2) is 61.2 Å². The number of carbonyl (C=O) groups excluding carboxylic acids is 2. The molecule has 2 N–H and O–H groups in total. The maximum Gasteiger partial charge on any atom is 0.245 e. The molecule has 228 valence electrons. The van der Waals surface area contributed by atoms with E-state index in [1.165, 1.54) is 43.2 Å². The van der Waals surface area contributed by atoms with Crippen LogP contribution in [0.2, 0.25) is 0 Å². The van der Waals surface area contributed by atoms with Crippen molar-refractivity contribution in [3.8, 4) is 5.75 Å². The molecule has 0 spiro atoms. The number of carbonyl (C=O) groups is 2. The molecule has 3 heterocycles. The third-order valence-corrected chi connectivity index (χ3v) is 10.1. The van der Waals surface area contributed by atoms with E-state index in [1.807, 2.05) is 52.3 Å². The number of hydrogen-bond acceptors (Lipinski definition) is 6. The molecule has 6 rings (SSSR count). The zero-order valence-corrected chi connectivity index (χ0v) is 25.2. The summed E-state index contributed by atoms with van der Waals surface area (Å²) in [6, 6.07) is 15.0. The fourth-order valence-corrected chi connectivity index (χ4v) is 7.55. The van der Waals surface area contributed by atoms with E-state index in [0.717, 1.165) is 30.7 Å². The fourth-order valence-electron chi connectivity index (χ4n) is 7.55. The van der Waals surface area contributed by atoms with E-state index in [-0.39, 0.29) is 23.3 Å². The van der Waals surface area contributed by atoms with Crippen LogP contribution >= 0.6 is 0 Å². The molecule has 0 bridgehead atoms. The van der Waals surface area contributed by atoms with E-state index in [9.17, 15) is 9.59 Å². The maximum atomic E-state index is 14.2. The molecule has 43 heavy (non-hydrogen) atoms. The molecule has 1 aromatic heterocycles. The van der Waals surface area contributed by atoms with Crippen molar-refractivity contribution >= 4 is 11.8 Å². The Labute approximate surface area is 254 Å². The molecule has 2 fully saturated rings. The van der Waals surface area contributed by atoms with Gasteiger partial charge in [-0.25, -0.2) is 4.98 Å². The van der Waals surface area contributed by atoms with Crippen molar-refractivity contribution in [3.63, 3.8) is 0 Å². The molecule has 1 saturated heterocycles. The van der Waals surface area contributed by atoms with Crippen LogP contribution in [-0.4, -0.2) is 63.8 Å². The summed E-state index contributed by atoms with van der Waals surface area (Å²) in [6.45, 7) is 2.87. The monoisotopic (exact) mass is 584 g/mol. The Kier molecular flexibility index (Phi) is 9.07. The quantitative estimate of drug-likeness (QED) is 0.396. The Morgan fingerprint density at radius 2 is 1.79 bits per heavy atom. The maximum absolute atomic E-state index is 14.2. The molecule has 9 nitrogen and oxygen atoms in total. The first-order valence-electron chi connectivity index (χ1n) is 15.9. The summed E-state index contributed by atoms with van der Waals surface area (Å²) in [5.74, 6) is 1.28. The fraction of sp³-hybridized carbons (Fsp3) is 0.529. The number of nitrogens with zero attached hydrogens (tertiary/aromatic N) is 4. The van der Waals surface area contributed by atoms with Crippen LogP contribution in [0.4, 0.5) is 0 Å². The molecule has 3 aromatic rings. The highest BCUT2D eigenvalue weighted by Crippen LogP contribution is 2.47. The molecule has 2 aromatic carbocycles. The normalized spacial score (nSPS) is 21.0. The van der Waals surface area contributed by atoms with Crippen LogP contribution in [0.1, 0.15) is 61.6 Å². The smallest absolute Gasteiger partial charge is 0.245 e. The summed E-state index contributed by atoms with van der Waals surface area (Å²) in [6.07, 6.45) is 12.7. The van der Waals surface area contributed by atoms with E-state index in [2.05, 4.69) is 32.8 Å². The minimum atomic E-state index is -0.641. The number of fused-ring (bicyclic) bond motifs is 1. The van der Waals surface area contributed by atoms with Crippen LogP contribution in [0.3, 0.4) is 0 Å². The first-order chi connectivity index (χ1) is 21.0. The number of methoxy groups -OCH3 is 1. The number of hydrogen-bond donors (Lipinski definition) is 2. The minimum Gasteiger partial charge on any atom is -0.497 e. The predicted molar refractivity (Wildman–Crippen MR) is 164 cm³/mol. The number of aromatic nitrogens is 3. The topological polar surface area (TPSA) is 101 Å². The lowest BCUT2D eigenvalue weighted by Gasteiger charge is -2.48. The van der Waals surface area contributed by atoms with Gasteiger partial charge in [0.1, 0.15) is 24.4 Å². The molecule has 2 atom stereocenters. The summed E-state index contributed by atoms with van der Waals surface area (Å²) in [4.78, 5) is 34.0. The second kappa shape index (κ2) is 13.3. The van der Waals surface area contributed by atoms with Crippen LogP contribution < -0.4 is 15.4 Å². The van der Waals surface area contributed by atoms with Gasteiger partial charge < -0.3 is 20.3 Å². The van der Waals surface area contributed by atoms with Gasteiger partial charge in [-0.15, -0.1) is 0 Å². The largest absolute Gasteiger partial charge is 0.497 e. The zero-order chi connectivity index (χ0) is 29.6. The van der Waals surface area contributed by atoms with Gasteiger partial charge in [0.25, 0.3) is 0 Å².